The quantitative estimate of drug-likeness (QED) is 0.437. The van der Waals surface area contributed by atoms with Crippen molar-refractivity contribution in [1.29, 1.82) is 0 Å². The molecule has 0 bridgehead atoms. The molecular weight excluding hydrogens is 282 g/mol. The smallest absolute Gasteiger partial charge is 0.136 e. The van der Waals surface area contributed by atoms with Crippen molar-refractivity contribution in [3.63, 3.8) is 0 Å². The molecule has 0 amide bonds. The molecule has 0 fully saturated rings. The standard InChI is InChI=1S/C21H17NO/c1-21(2)17-9-12(22)7-8-13(17)15-11-20-16(10-18(15)21)14-5-3-4-6-19(14)23-20/h3-11H,22H2,1-2H3. The minimum absolute atomic E-state index is 0.0490. The number of rotatable bonds is 0. The summed E-state index contributed by atoms with van der Waals surface area (Å²) < 4.78 is 6.06. The van der Waals surface area contributed by atoms with Gasteiger partial charge in [-0.15, -0.1) is 0 Å². The van der Waals surface area contributed by atoms with E-state index in [0.717, 1.165) is 16.9 Å². The van der Waals surface area contributed by atoms with E-state index in [1.807, 2.05) is 18.2 Å². The largest absolute Gasteiger partial charge is 0.456 e. The van der Waals surface area contributed by atoms with E-state index in [1.165, 1.54) is 33.0 Å². The molecule has 5 rings (SSSR count). The Morgan fingerprint density at radius 2 is 1.57 bits per heavy atom. The Kier molecular flexibility index (Phi) is 2.20. The second-order valence-corrected chi connectivity index (χ2v) is 6.92. The normalized spacial score (nSPS) is 15.0. The Morgan fingerprint density at radius 1 is 0.783 bits per heavy atom. The molecule has 1 aliphatic rings. The molecule has 0 aliphatic heterocycles. The number of benzene rings is 3. The first kappa shape index (κ1) is 12.8. The van der Waals surface area contributed by atoms with Crippen molar-refractivity contribution in [3.05, 3.63) is 65.7 Å². The predicted octanol–water partition coefficient (Wildman–Crippen LogP) is 5.47. The molecule has 0 saturated carbocycles. The number of para-hydroxylation sites is 1. The van der Waals surface area contributed by atoms with Crippen molar-refractivity contribution in [2.75, 3.05) is 5.73 Å². The van der Waals surface area contributed by atoms with Crippen LogP contribution in [-0.2, 0) is 5.41 Å². The lowest BCUT2D eigenvalue weighted by Crippen LogP contribution is -2.15. The first-order valence-corrected chi connectivity index (χ1v) is 7.92. The van der Waals surface area contributed by atoms with Gasteiger partial charge in [0.2, 0.25) is 0 Å². The highest BCUT2D eigenvalue weighted by atomic mass is 16.3. The van der Waals surface area contributed by atoms with Crippen molar-refractivity contribution in [1.82, 2.24) is 0 Å². The highest BCUT2D eigenvalue weighted by Gasteiger charge is 2.36. The average Bonchev–Trinajstić information content (AvgIpc) is 3.00. The van der Waals surface area contributed by atoms with Crippen molar-refractivity contribution in [2.24, 2.45) is 0 Å². The van der Waals surface area contributed by atoms with Crippen molar-refractivity contribution < 1.29 is 4.42 Å². The van der Waals surface area contributed by atoms with Gasteiger partial charge in [-0.2, -0.15) is 0 Å². The summed E-state index contributed by atoms with van der Waals surface area (Å²) in [6, 6.07) is 18.9. The predicted molar refractivity (Wildman–Crippen MR) is 95.7 cm³/mol. The molecule has 1 heterocycles. The molecule has 2 nitrogen and oxygen atoms in total. The Balaban J connectivity index is 1.92. The Bertz CT molecular complexity index is 1100. The Morgan fingerprint density at radius 3 is 2.43 bits per heavy atom. The minimum atomic E-state index is -0.0490. The Hall–Kier alpha value is -2.74. The molecule has 1 aliphatic carbocycles. The van der Waals surface area contributed by atoms with Crippen LogP contribution in [0.1, 0.15) is 25.0 Å². The van der Waals surface area contributed by atoms with E-state index in [0.29, 0.717) is 0 Å². The van der Waals surface area contributed by atoms with Gasteiger partial charge in [0.05, 0.1) is 0 Å². The molecule has 2 N–H and O–H groups in total. The molecule has 0 radical (unpaired) electrons. The van der Waals surface area contributed by atoms with Crippen LogP contribution in [-0.4, -0.2) is 0 Å². The van der Waals surface area contributed by atoms with Crippen LogP contribution in [0.5, 0.6) is 0 Å². The number of nitrogen functional groups attached to an aromatic ring is 1. The molecule has 23 heavy (non-hydrogen) atoms. The highest BCUT2D eigenvalue weighted by Crippen LogP contribution is 2.51. The summed E-state index contributed by atoms with van der Waals surface area (Å²) in [6.07, 6.45) is 0. The van der Waals surface area contributed by atoms with Crippen LogP contribution in [0.15, 0.2) is 59.0 Å². The van der Waals surface area contributed by atoms with E-state index in [4.69, 9.17) is 10.2 Å². The number of hydrogen-bond acceptors (Lipinski definition) is 2. The fourth-order valence-electron chi connectivity index (χ4n) is 3.97. The fraction of sp³-hybridized carbons (Fsp3) is 0.143. The zero-order valence-electron chi connectivity index (χ0n) is 13.2. The van der Waals surface area contributed by atoms with Gasteiger partial charge in [-0.05, 0) is 52.6 Å². The number of anilines is 1. The first-order chi connectivity index (χ1) is 11.1. The number of nitrogens with two attached hydrogens (primary N) is 1. The molecule has 112 valence electrons. The van der Waals surface area contributed by atoms with Gasteiger partial charge in [0.25, 0.3) is 0 Å². The molecule has 0 atom stereocenters. The molecule has 0 saturated heterocycles. The van der Waals surface area contributed by atoms with E-state index < -0.39 is 0 Å². The molecule has 0 spiro atoms. The van der Waals surface area contributed by atoms with Crippen molar-refractivity contribution >= 4 is 27.6 Å². The second kappa shape index (κ2) is 3.96. The van der Waals surface area contributed by atoms with Gasteiger partial charge in [0.1, 0.15) is 11.2 Å². The van der Waals surface area contributed by atoms with E-state index in [9.17, 15) is 0 Å². The van der Waals surface area contributed by atoms with Gasteiger partial charge in [-0.1, -0.05) is 38.1 Å². The number of hydrogen-bond donors (Lipinski definition) is 1. The van der Waals surface area contributed by atoms with Crippen molar-refractivity contribution in [2.45, 2.75) is 19.3 Å². The lowest BCUT2D eigenvalue weighted by Gasteiger charge is -2.21. The third kappa shape index (κ3) is 1.53. The minimum Gasteiger partial charge on any atom is -0.456 e. The van der Waals surface area contributed by atoms with E-state index in [1.54, 1.807) is 0 Å². The van der Waals surface area contributed by atoms with Crippen LogP contribution in [0.4, 0.5) is 5.69 Å². The Labute approximate surface area is 134 Å². The number of fused-ring (bicyclic) bond motifs is 6. The zero-order valence-corrected chi connectivity index (χ0v) is 13.2. The SMILES string of the molecule is CC1(C)c2cc(N)ccc2-c2cc3oc4ccccc4c3cc21. The molecular formula is C21H17NO. The van der Waals surface area contributed by atoms with Gasteiger partial charge < -0.3 is 10.2 Å². The van der Waals surface area contributed by atoms with Gasteiger partial charge >= 0.3 is 0 Å². The molecule has 2 heteroatoms. The van der Waals surface area contributed by atoms with E-state index >= 15 is 0 Å². The zero-order chi connectivity index (χ0) is 15.8. The van der Waals surface area contributed by atoms with Crippen LogP contribution >= 0.6 is 0 Å². The lowest BCUT2D eigenvalue weighted by molar-refractivity contribution is 0.658. The summed E-state index contributed by atoms with van der Waals surface area (Å²) in [5.41, 5.74) is 13.9. The van der Waals surface area contributed by atoms with Gasteiger partial charge in [0, 0.05) is 21.9 Å². The van der Waals surface area contributed by atoms with Crippen LogP contribution < -0.4 is 5.73 Å². The van der Waals surface area contributed by atoms with Crippen LogP contribution in [0.2, 0.25) is 0 Å². The van der Waals surface area contributed by atoms with Crippen LogP contribution in [0.3, 0.4) is 0 Å². The van der Waals surface area contributed by atoms with E-state index in [2.05, 4.69) is 50.2 Å². The summed E-state index contributed by atoms with van der Waals surface area (Å²) in [5, 5.41) is 2.37. The summed E-state index contributed by atoms with van der Waals surface area (Å²) in [4.78, 5) is 0. The average molecular weight is 299 g/mol. The fourth-order valence-corrected chi connectivity index (χ4v) is 3.97. The first-order valence-electron chi connectivity index (χ1n) is 7.92. The maximum atomic E-state index is 6.06. The molecule has 3 aromatic carbocycles. The summed E-state index contributed by atoms with van der Waals surface area (Å²) in [5.74, 6) is 0. The van der Waals surface area contributed by atoms with E-state index in [-0.39, 0.29) is 5.41 Å². The topological polar surface area (TPSA) is 39.2 Å². The molecule has 4 aromatic rings. The van der Waals surface area contributed by atoms with Gasteiger partial charge in [-0.3, -0.25) is 0 Å². The summed E-state index contributed by atoms with van der Waals surface area (Å²) >= 11 is 0. The van der Waals surface area contributed by atoms with Gasteiger partial charge in [0.15, 0.2) is 0 Å². The van der Waals surface area contributed by atoms with Gasteiger partial charge in [-0.25, -0.2) is 0 Å². The number of furan rings is 1. The summed E-state index contributed by atoms with van der Waals surface area (Å²) in [6.45, 7) is 4.54. The summed E-state index contributed by atoms with van der Waals surface area (Å²) in [7, 11) is 0. The second-order valence-electron chi connectivity index (χ2n) is 6.92. The van der Waals surface area contributed by atoms with Crippen LogP contribution in [0, 0.1) is 0 Å². The third-order valence-electron chi connectivity index (χ3n) is 5.20. The van der Waals surface area contributed by atoms with Crippen molar-refractivity contribution in [3.8, 4) is 11.1 Å². The third-order valence-corrected chi connectivity index (χ3v) is 5.20. The van der Waals surface area contributed by atoms with Crippen LogP contribution in [0.25, 0.3) is 33.1 Å². The molecule has 1 aromatic heterocycles. The lowest BCUT2D eigenvalue weighted by atomic mass is 9.82. The highest BCUT2D eigenvalue weighted by molar-refractivity contribution is 6.07. The monoisotopic (exact) mass is 299 g/mol. The molecule has 0 unspecified atom stereocenters. The maximum Gasteiger partial charge on any atom is 0.136 e. The maximum absolute atomic E-state index is 6.06.